The van der Waals surface area contributed by atoms with Gasteiger partial charge in [0.2, 0.25) is 0 Å². The van der Waals surface area contributed by atoms with Gasteiger partial charge in [-0.1, -0.05) is 135 Å². The second kappa shape index (κ2) is 26.6. The van der Waals surface area contributed by atoms with E-state index in [1.165, 1.54) is 96.3 Å². The van der Waals surface area contributed by atoms with Crippen LogP contribution in [0.3, 0.4) is 0 Å². The van der Waals surface area contributed by atoms with Crippen molar-refractivity contribution in [2.24, 2.45) is 17.8 Å². The lowest BCUT2D eigenvalue weighted by atomic mass is 9.92. The molecule has 0 spiro atoms. The molecule has 3 N–H and O–H groups in total. The molecule has 40 heavy (non-hydrogen) atoms. The van der Waals surface area contributed by atoms with Gasteiger partial charge >= 0.3 is 17.9 Å². The Labute approximate surface area is 250 Å². The van der Waals surface area contributed by atoms with Gasteiger partial charge in [-0.15, -0.1) is 12.4 Å². The Bertz CT molecular complexity index is 525. The van der Waals surface area contributed by atoms with Crippen molar-refractivity contribution in [2.45, 2.75) is 173 Å². The molecule has 6 nitrogen and oxygen atoms in total. The summed E-state index contributed by atoms with van der Waals surface area (Å²) >= 11 is 0. The highest BCUT2D eigenvalue weighted by atomic mass is 35.5. The van der Waals surface area contributed by atoms with E-state index < -0.39 is 17.9 Å². The molecule has 0 aromatic carbocycles. The standard InChI is InChI=1S/3C11H20O2.ClH/c3*12-11(13)10-8-6-4-2-1-3-5-7-9-10;/h3*10H,1-9H2,(H,12,13);1H. The number of aliphatic carboxylic acids is 3. The average Bonchev–Trinajstić information content (AvgIpc) is 2.93. The molecule has 3 rings (SSSR count). The van der Waals surface area contributed by atoms with Crippen molar-refractivity contribution in [3.63, 3.8) is 0 Å². The Hall–Kier alpha value is -1.30. The third-order valence-electron chi connectivity index (χ3n) is 8.86. The molecular formula is C33H61ClO6. The van der Waals surface area contributed by atoms with Crippen LogP contribution in [0.15, 0.2) is 0 Å². The van der Waals surface area contributed by atoms with Crippen LogP contribution < -0.4 is 0 Å². The summed E-state index contributed by atoms with van der Waals surface area (Å²) in [5.41, 5.74) is 0. The number of carboxylic acids is 3. The van der Waals surface area contributed by atoms with E-state index in [2.05, 4.69) is 0 Å². The maximum Gasteiger partial charge on any atom is 0.306 e. The zero-order chi connectivity index (χ0) is 28.6. The Morgan fingerprint density at radius 1 is 0.300 bits per heavy atom. The number of rotatable bonds is 3. The lowest BCUT2D eigenvalue weighted by molar-refractivity contribution is -0.143. The monoisotopic (exact) mass is 588 g/mol. The Kier molecular flexibility index (Phi) is 25.7. The minimum atomic E-state index is -0.583. The summed E-state index contributed by atoms with van der Waals surface area (Å²) in [4.78, 5) is 32.5. The van der Waals surface area contributed by atoms with E-state index in [9.17, 15) is 14.4 Å². The highest BCUT2D eigenvalue weighted by molar-refractivity contribution is 5.85. The molecule has 0 atom stereocenters. The van der Waals surface area contributed by atoms with Gasteiger partial charge in [0.1, 0.15) is 0 Å². The van der Waals surface area contributed by atoms with E-state index in [0.717, 1.165) is 77.0 Å². The number of carbonyl (C=O) groups is 3. The summed E-state index contributed by atoms with van der Waals surface area (Å²) in [5.74, 6) is -1.92. The lowest BCUT2D eigenvalue weighted by Gasteiger charge is -2.13. The second-order valence-electron chi connectivity index (χ2n) is 12.3. The largest absolute Gasteiger partial charge is 0.481 e. The molecule has 3 fully saturated rings. The smallest absolute Gasteiger partial charge is 0.306 e. The van der Waals surface area contributed by atoms with E-state index in [4.69, 9.17) is 15.3 Å². The maximum absolute atomic E-state index is 10.8. The van der Waals surface area contributed by atoms with Gasteiger partial charge < -0.3 is 15.3 Å². The summed E-state index contributed by atoms with van der Waals surface area (Å²) < 4.78 is 0. The van der Waals surface area contributed by atoms with E-state index in [1.54, 1.807) is 0 Å². The summed E-state index contributed by atoms with van der Waals surface area (Å²) in [7, 11) is 0. The molecule has 0 unspecified atom stereocenters. The molecule has 7 heteroatoms. The van der Waals surface area contributed by atoms with Crippen LogP contribution in [-0.2, 0) is 14.4 Å². The van der Waals surface area contributed by atoms with Crippen LogP contribution >= 0.6 is 12.4 Å². The first-order valence-electron chi connectivity index (χ1n) is 16.6. The van der Waals surface area contributed by atoms with Crippen LogP contribution in [0.1, 0.15) is 173 Å². The van der Waals surface area contributed by atoms with Gasteiger partial charge in [-0.2, -0.15) is 0 Å². The van der Waals surface area contributed by atoms with Crippen molar-refractivity contribution in [1.29, 1.82) is 0 Å². The molecule has 0 saturated heterocycles. The second-order valence-corrected chi connectivity index (χ2v) is 12.3. The van der Waals surface area contributed by atoms with Gasteiger partial charge in [-0.3, -0.25) is 14.4 Å². The maximum atomic E-state index is 10.8. The number of hydrogen-bond donors (Lipinski definition) is 3. The van der Waals surface area contributed by atoms with Crippen LogP contribution in [0, 0.1) is 17.8 Å². The normalized spacial score (nSPS) is 21.9. The predicted octanol–water partition coefficient (Wildman–Crippen LogP) is 10.1. The summed E-state index contributed by atoms with van der Waals surface area (Å²) in [6.07, 6.45) is 31.2. The molecule has 3 aliphatic rings. The Balaban J connectivity index is 0.000000563. The van der Waals surface area contributed by atoms with Gasteiger partial charge in [0.05, 0.1) is 17.8 Å². The zero-order valence-corrected chi connectivity index (χ0v) is 26.1. The minimum absolute atomic E-state index is 0. The minimum Gasteiger partial charge on any atom is -0.481 e. The number of halogens is 1. The van der Waals surface area contributed by atoms with Crippen LogP contribution in [-0.4, -0.2) is 33.2 Å². The molecule has 0 heterocycles. The third-order valence-corrected chi connectivity index (χ3v) is 8.86. The zero-order valence-electron chi connectivity index (χ0n) is 25.3. The molecule has 0 amide bonds. The fraction of sp³-hybridized carbons (Fsp3) is 0.909. The third kappa shape index (κ3) is 21.4. The highest BCUT2D eigenvalue weighted by Crippen LogP contribution is 2.23. The molecule has 0 radical (unpaired) electrons. The quantitative estimate of drug-likeness (QED) is 0.302. The van der Waals surface area contributed by atoms with Gasteiger partial charge in [0.15, 0.2) is 0 Å². The van der Waals surface area contributed by atoms with E-state index >= 15 is 0 Å². The predicted molar refractivity (Wildman–Crippen MR) is 165 cm³/mol. The Morgan fingerprint density at radius 3 is 0.550 bits per heavy atom. The highest BCUT2D eigenvalue weighted by Gasteiger charge is 2.18. The van der Waals surface area contributed by atoms with Crippen molar-refractivity contribution in [3.05, 3.63) is 0 Å². The topological polar surface area (TPSA) is 112 Å². The van der Waals surface area contributed by atoms with E-state index in [-0.39, 0.29) is 30.2 Å². The van der Waals surface area contributed by atoms with Gasteiger partial charge in [-0.05, 0) is 38.5 Å². The lowest BCUT2D eigenvalue weighted by Crippen LogP contribution is -2.14. The van der Waals surface area contributed by atoms with Crippen LogP contribution in [0.2, 0.25) is 0 Å². The van der Waals surface area contributed by atoms with E-state index in [0.29, 0.717) is 0 Å². The van der Waals surface area contributed by atoms with Crippen molar-refractivity contribution in [2.75, 3.05) is 0 Å². The summed E-state index contributed by atoms with van der Waals surface area (Å²) in [5, 5.41) is 26.8. The first-order valence-corrected chi connectivity index (χ1v) is 16.6. The molecule has 3 saturated carbocycles. The Morgan fingerprint density at radius 2 is 0.425 bits per heavy atom. The molecule has 236 valence electrons. The number of carboxylic acid groups (broad SMARTS) is 3. The summed E-state index contributed by atoms with van der Waals surface area (Å²) in [6, 6.07) is 0. The molecule has 0 aliphatic heterocycles. The fourth-order valence-electron chi connectivity index (χ4n) is 6.17. The fourth-order valence-corrected chi connectivity index (χ4v) is 6.17. The average molecular weight is 589 g/mol. The van der Waals surface area contributed by atoms with Gasteiger partial charge in [-0.25, -0.2) is 0 Å². The van der Waals surface area contributed by atoms with Crippen molar-refractivity contribution in [1.82, 2.24) is 0 Å². The first kappa shape index (κ1) is 38.7. The van der Waals surface area contributed by atoms with Crippen LogP contribution in [0.4, 0.5) is 0 Å². The van der Waals surface area contributed by atoms with E-state index in [1.807, 2.05) is 0 Å². The summed E-state index contributed by atoms with van der Waals surface area (Å²) in [6.45, 7) is 0. The van der Waals surface area contributed by atoms with Crippen molar-refractivity contribution in [3.8, 4) is 0 Å². The van der Waals surface area contributed by atoms with Crippen molar-refractivity contribution >= 4 is 30.3 Å². The van der Waals surface area contributed by atoms with Crippen molar-refractivity contribution < 1.29 is 29.7 Å². The number of hydrogen-bond acceptors (Lipinski definition) is 3. The first-order chi connectivity index (χ1) is 18.9. The molecule has 0 aromatic rings. The van der Waals surface area contributed by atoms with Crippen LogP contribution in [0.25, 0.3) is 0 Å². The SMILES string of the molecule is Cl.O=C(O)C1CCCCCCCCC1.O=C(O)C1CCCCCCCCC1.O=C(O)C1CCCCCCCCC1. The molecule has 0 aromatic heterocycles. The molecular weight excluding hydrogens is 528 g/mol. The van der Waals surface area contributed by atoms with Crippen LogP contribution in [0.5, 0.6) is 0 Å². The molecule has 3 aliphatic carbocycles. The molecule has 0 bridgehead atoms. The van der Waals surface area contributed by atoms with Gasteiger partial charge in [0.25, 0.3) is 0 Å². The van der Waals surface area contributed by atoms with Gasteiger partial charge in [0, 0.05) is 0 Å².